The molecule has 0 bridgehead atoms. The molecular formula is C11H11Br2NO5S2. The van der Waals surface area contributed by atoms with Crippen LogP contribution in [0.5, 0.6) is 0 Å². The van der Waals surface area contributed by atoms with Crippen molar-refractivity contribution in [1.29, 1.82) is 0 Å². The molecule has 1 unspecified atom stereocenters. The molecule has 0 spiro atoms. The van der Waals surface area contributed by atoms with Crippen molar-refractivity contribution in [1.82, 2.24) is 4.90 Å². The Kier molecular flexibility index (Phi) is 5.11. The quantitative estimate of drug-likeness (QED) is 0.744. The van der Waals surface area contributed by atoms with Crippen molar-refractivity contribution in [3.8, 4) is 0 Å². The fraction of sp³-hybridized carbons (Fsp3) is 0.455. The van der Waals surface area contributed by atoms with Crippen LogP contribution in [0.25, 0.3) is 0 Å². The summed E-state index contributed by atoms with van der Waals surface area (Å²) in [4.78, 5) is 24.8. The zero-order valence-electron chi connectivity index (χ0n) is 10.6. The van der Waals surface area contributed by atoms with Gasteiger partial charge in [-0.1, -0.05) is 0 Å². The zero-order chi connectivity index (χ0) is 15.8. The number of hydrogen-bond acceptors (Lipinski definition) is 5. The van der Waals surface area contributed by atoms with E-state index in [1.54, 1.807) is 6.07 Å². The van der Waals surface area contributed by atoms with Gasteiger partial charge in [0, 0.05) is 6.54 Å². The van der Waals surface area contributed by atoms with E-state index in [-0.39, 0.29) is 30.4 Å². The second-order valence-corrected chi connectivity index (χ2v) is 10.6. The van der Waals surface area contributed by atoms with Gasteiger partial charge in [-0.05, 0) is 37.9 Å². The fourth-order valence-corrected chi connectivity index (χ4v) is 6.47. The maximum absolute atomic E-state index is 12.5. The SMILES string of the molecule is O=C(O)CC1CS(=O)(=O)CCN1C(=O)c1cc(Br)sc1Br. The number of carboxylic acid groups (broad SMARTS) is 1. The van der Waals surface area contributed by atoms with Crippen LogP contribution in [0.1, 0.15) is 16.8 Å². The summed E-state index contributed by atoms with van der Waals surface area (Å²) in [5.41, 5.74) is 0.404. The minimum absolute atomic E-state index is 0.0129. The van der Waals surface area contributed by atoms with Gasteiger partial charge < -0.3 is 10.0 Å². The Hall–Kier alpha value is -0.450. The highest BCUT2D eigenvalue weighted by molar-refractivity contribution is 9.12. The van der Waals surface area contributed by atoms with Crippen LogP contribution in [0, 0.1) is 0 Å². The predicted octanol–water partition coefficient (Wildman–Crippen LogP) is 1.99. The summed E-state index contributed by atoms with van der Waals surface area (Å²) in [7, 11) is -3.31. The number of carbonyl (C=O) groups excluding carboxylic acids is 1. The van der Waals surface area contributed by atoms with Gasteiger partial charge >= 0.3 is 5.97 Å². The van der Waals surface area contributed by atoms with E-state index in [0.717, 1.165) is 3.79 Å². The molecule has 1 amide bonds. The first-order valence-electron chi connectivity index (χ1n) is 5.87. The van der Waals surface area contributed by atoms with Gasteiger partial charge in [0.25, 0.3) is 5.91 Å². The number of hydrogen-bond donors (Lipinski definition) is 1. The van der Waals surface area contributed by atoms with Crippen molar-refractivity contribution in [2.45, 2.75) is 12.5 Å². The van der Waals surface area contributed by atoms with Crippen LogP contribution in [0.2, 0.25) is 0 Å². The molecule has 6 nitrogen and oxygen atoms in total. The largest absolute Gasteiger partial charge is 0.481 e. The Morgan fingerprint density at radius 2 is 2.10 bits per heavy atom. The van der Waals surface area contributed by atoms with E-state index >= 15 is 0 Å². The third-order valence-corrected chi connectivity index (χ3v) is 7.12. The Balaban J connectivity index is 2.29. The number of nitrogens with zero attached hydrogens (tertiary/aromatic N) is 1. The molecule has 1 N–H and O–H groups in total. The summed E-state index contributed by atoms with van der Waals surface area (Å²) in [5, 5.41) is 8.92. The van der Waals surface area contributed by atoms with Crippen molar-refractivity contribution in [2.24, 2.45) is 0 Å². The van der Waals surface area contributed by atoms with Crippen molar-refractivity contribution in [3.63, 3.8) is 0 Å². The first-order valence-corrected chi connectivity index (χ1v) is 10.1. The van der Waals surface area contributed by atoms with Gasteiger partial charge in [0.1, 0.15) is 0 Å². The van der Waals surface area contributed by atoms with Gasteiger partial charge in [0.05, 0.1) is 37.1 Å². The molecule has 1 saturated heterocycles. The lowest BCUT2D eigenvalue weighted by Crippen LogP contribution is -2.52. The summed E-state index contributed by atoms with van der Waals surface area (Å²) >= 11 is 7.89. The molecule has 1 atom stereocenters. The summed E-state index contributed by atoms with van der Waals surface area (Å²) < 4.78 is 24.7. The highest BCUT2D eigenvalue weighted by Crippen LogP contribution is 2.33. The molecule has 10 heteroatoms. The Labute approximate surface area is 142 Å². The molecule has 1 fully saturated rings. The average molecular weight is 461 g/mol. The summed E-state index contributed by atoms with van der Waals surface area (Å²) in [6.07, 6.45) is -0.381. The molecular weight excluding hydrogens is 450 g/mol. The number of rotatable bonds is 3. The van der Waals surface area contributed by atoms with Gasteiger partial charge in [0.15, 0.2) is 9.84 Å². The average Bonchev–Trinajstić information content (AvgIpc) is 2.66. The number of halogens is 2. The maximum Gasteiger partial charge on any atom is 0.305 e. The first-order chi connectivity index (χ1) is 9.69. The normalized spacial score (nSPS) is 21.2. The van der Waals surface area contributed by atoms with Gasteiger partial charge in [-0.3, -0.25) is 9.59 Å². The second-order valence-electron chi connectivity index (χ2n) is 4.60. The molecule has 116 valence electrons. The molecule has 2 rings (SSSR count). The summed E-state index contributed by atoms with van der Waals surface area (Å²) in [5.74, 6) is -1.93. The first kappa shape index (κ1) is 16.9. The number of sulfone groups is 1. The predicted molar refractivity (Wildman–Crippen MR) is 85.5 cm³/mol. The molecule has 0 radical (unpaired) electrons. The van der Waals surface area contributed by atoms with Crippen molar-refractivity contribution in [2.75, 3.05) is 18.1 Å². The molecule has 0 aromatic carbocycles. The van der Waals surface area contributed by atoms with Crippen LogP contribution in [0.3, 0.4) is 0 Å². The minimum atomic E-state index is -3.31. The van der Waals surface area contributed by atoms with Gasteiger partial charge in [0.2, 0.25) is 0 Å². The molecule has 0 saturated carbocycles. The minimum Gasteiger partial charge on any atom is -0.481 e. The zero-order valence-corrected chi connectivity index (χ0v) is 15.4. The fourth-order valence-electron chi connectivity index (χ4n) is 2.17. The van der Waals surface area contributed by atoms with Crippen LogP contribution in [0.15, 0.2) is 13.6 Å². The number of aliphatic carboxylic acids is 1. The Bertz CT molecular complexity index is 685. The van der Waals surface area contributed by atoms with E-state index in [2.05, 4.69) is 31.9 Å². The van der Waals surface area contributed by atoms with E-state index in [1.807, 2.05) is 0 Å². The molecule has 2 heterocycles. The van der Waals surface area contributed by atoms with Crippen molar-refractivity contribution < 1.29 is 23.1 Å². The second kappa shape index (κ2) is 6.35. The highest BCUT2D eigenvalue weighted by atomic mass is 79.9. The lowest BCUT2D eigenvalue weighted by Gasteiger charge is -2.34. The topological polar surface area (TPSA) is 91.8 Å². The number of carbonyl (C=O) groups is 2. The van der Waals surface area contributed by atoms with Gasteiger partial charge in [-0.15, -0.1) is 11.3 Å². The molecule has 0 aliphatic carbocycles. The van der Waals surface area contributed by atoms with Crippen LogP contribution in [-0.2, 0) is 14.6 Å². The van der Waals surface area contributed by atoms with Crippen molar-refractivity contribution >= 4 is 64.9 Å². The summed E-state index contributed by atoms with van der Waals surface area (Å²) in [6.45, 7) is 0.0129. The smallest absolute Gasteiger partial charge is 0.305 e. The number of carboxylic acids is 1. The summed E-state index contributed by atoms with van der Waals surface area (Å²) in [6, 6.07) is 0.803. The Morgan fingerprint density at radius 1 is 1.43 bits per heavy atom. The van der Waals surface area contributed by atoms with Crippen LogP contribution < -0.4 is 0 Å². The number of thiophene rings is 1. The van der Waals surface area contributed by atoms with E-state index in [1.165, 1.54) is 16.2 Å². The Morgan fingerprint density at radius 3 is 2.62 bits per heavy atom. The van der Waals surface area contributed by atoms with Crippen LogP contribution in [0.4, 0.5) is 0 Å². The van der Waals surface area contributed by atoms with E-state index in [4.69, 9.17) is 5.11 Å². The maximum atomic E-state index is 12.5. The van der Waals surface area contributed by atoms with E-state index in [0.29, 0.717) is 9.35 Å². The molecule has 1 aromatic heterocycles. The molecule has 1 aliphatic rings. The monoisotopic (exact) mass is 459 g/mol. The van der Waals surface area contributed by atoms with Crippen LogP contribution in [-0.4, -0.2) is 54.4 Å². The molecule has 21 heavy (non-hydrogen) atoms. The highest BCUT2D eigenvalue weighted by Gasteiger charge is 2.36. The van der Waals surface area contributed by atoms with Gasteiger partial charge in [-0.25, -0.2) is 8.42 Å². The number of amides is 1. The lowest BCUT2D eigenvalue weighted by molar-refractivity contribution is -0.138. The third kappa shape index (κ3) is 4.05. The molecule has 1 aromatic rings. The van der Waals surface area contributed by atoms with Gasteiger partial charge in [-0.2, -0.15) is 0 Å². The van der Waals surface area contributed by atoms with E-state index < -0.39 is 21.8 Å². The van der Waals surface area contributed by atoms with E-state index in [9.17, 15) is 18.0 Å². The lowest BCUT2D eigenvalue weighted by atomic mass is 10.1. The molecule has 1 aliphatic heterocycles. The standard InChI is InChI=1S/C11H11Br2NO5S2/c12-8-4-7(10(13)20-8)11(17)14-1-2-21(18,19)5-6(14)3-9(15)16/h4,6H,1-3,5H2,(H,15,16). The van der Waals surface area contributed by atoms with Crippen LogP contribution >= 0.6 is 43.2 Å². The third-order valence-electron chi connectivity index (χ3n) is 3.09. The van der Waals surface area contributed by atoms with Crippen molar-refractivity contribution in [3.05, 3.63) is 19.2 Å².